The number of alkyl carbamates (subject to hydrolysis) is 1. The second-order valence-electron chi connectivity index (χ2n) is 8.13. The molecule has 0 bridgehead atoms. The number of rotatable bonds is 3. The smallest absolute Gasteiger partial charge is 0.407 e. The summed E-state index contributed by atoms with van der Waals surface area (Å²) in [6.45, 7) is 1.77. The highest BCUT2D eigenvalue weighted by Crippen LogP contribution is 2.34. The number of nitrogens with two attached hydrogens (primary N) is 1. The van der Waals surface area contributed by atoms with Crippen LogP contribution >= 0.6 is 23.2 Å². The highest BCUT2D eigenvalue weighted by atomic mass is 35.5. The fourth-order valence-corrected chi connectivity index (χ4v) is 4.91. The molecule has 1 spiro atoms. The van der Waals surface area contributed by atoms with Gasteiger partial charge in [0.25, 0.3) is 5.91 Å². The first-order valence-electron chi connectivity index (χ1n) is 10.3. The molecule has 0 atom stereocenters. The Hall–Kier alpha value is -2.81. The third-order valence-electron chi connectivity index (χ3n) is 6.22. The lowest BCUT2D eigenvalue weighted by molar-refractivity contribution is 0.00311. The van der Waals surface area contributed by atoms with Gasteiger partial charge in [0.1, 0.15) is 16.9 Å². The number of aromatic nitrogens is 2. The number of likely N-dealkylation sites (tertiary alicyclic amines) is 1. The van der Waals surface area contributed by atoms with Gasteiger partial charge in [-0.2, -0.15) is 0 Å². The first-order chi connectivity index (χ1) is 15.4. The predicted molar refractivity (Wildman–Crippen MR) is 121 cm³/mol. The van der Waals surface area contributed by atoms with Crippen molar-refractivity contribution in [2.45, 2.75) is 25.0 Å². The molecule has 10 heteroatoms. The molecular formula is C22H21Cl2N5O3. The maximum Gasteiger partial charge on any atom is 0.407 e. The van der Waals surface area contributed by atoms with Crippen LogP contribution in [0.25, 0.3) is 16.8 Å². The molecule has 2 fully saturated rings. The number of carbonyl (C=O) groups excluding carboxylic acids is 2. The van der Waals surface area contributed by atoms with E-state index in [2.05, 4.69) is 10.3 Å². The number of nitrogens with one attached hydrogen (secondary N) is 1. The summed E-state index contributed by atoms with van der Waals surface area (Å²) >= 11 is 12.5. The standard InChI is InChI=1S/C22H21Cl2N5O3/c23-14-1-2-15(17(24)8-14)16-11-29-18(10-26-19(29)7-13(16)9-25)20(30)28-5-3-22(4-6-28)12-27-21(31)32-22/h1-2,7-8,10-11H,3-6,9,12,25H2,(H,27,31). The first kappa shape index (κ1) is 21.1. The van der Waals surface area contributed by atoms with E-state index in [1.54, 1.807) is 27.6 Å². The Morgan fingerprint density at radius 3 is 2.66 bits per heavy atom. The van der Waals surface area contributed by atoms with E-state index < -0.39 is 11.7 Å². The van der Waals surface area contributed by atoms with Gasteiger partial charge >= 0.3 is 6.09 Å². The molecular weight excluding hydrogens is 453 g/mol. The van der Waals surface area contributed by atoms with Crippen LogP contribution < -0.4 is 11.1 Å². The Kier molecular flexibility index (Phi) is 5.23. The third-order valence-corrected chi connectivity index (χ3v) is 6.77. The van der Waals surface area contributed by atoms with Crippen LogP contribution in [0.15, 0.2) is 36.7 Å². The van der Waals surface area contributed by atoms with Gasteiger partial charge in [-0.1, -0.05) is 29.3 Å². The minimum Gasteiger partial charge on any atom is -0.441 e. The number of fused-ring (bicyclic) bond motifs is 1. The lowest BCUT2D eigenvalue weighted by atomic mass is 9.91. The summed E-state index contributed by atoms with van der Waals surface area (Å²) in [4.78, 5) is 31.0. The van der Waals surface area contributed by atoms with Gasteiger partial charge in [-0.3, -0.25) is 9.20 Å². The lowest BCUT2D eigenvalue weighted by Gasteiger charge is -2.37. The quantitative estimate of drug-likeness (QED) is 0.605. The van der Waals surface area contributed by atoms with Gasteiger partial charge in [-0.15, -0.1) is 0 Å². The number of hydrogen-bond acceptors (Lipinski definition) is 5. The number of hydrogen-bond donors (Lipinski definition) is 2. The van der Waals surface area contributed by atoms with Crippen molar-refractivity contribution < 1.29 is 14.3 Å². The van der Waals surface area contributed by atoms with Crippen molar-refractivity contribution in [2.24, 2.45) is 5.73 Å². The number of benzene rings is 1. The zero-order valence-corrected chi connectivity index (χ0v) is 18.6. The van der Waals surface area contributed by atoms with Crippen molar-refractivity contribution in [2.75, 3.05) is 19.6 Å². The maximum absolute atomic E-state index is 13.3. The number of amides is 2. The normalized spacial score (nSPS) is 17.6. The van der Waals surface area contributed by atoms with E-state index in [0.29, 0.717) is 60.4 Å². The van der Waals surface area contributed by atoms with E-state index in [-0.39, 0.29) is 5.91 Å². The summed E-state index contributed by atoms with van der Waals surface area (Å²) in [5.74, 6) is -0.127. The molecule has 2 amide bonds. The van der Waals surface area contributed by atoms with Crippen LogP contribution in [0.3, 0.4) is 0 Å². The molecule has 3 N–H and O–H groups in total. The summed E-state index contributed by atoms with van der Waals surface area (Å²) in [6, 6.07) is 7.15. The predicted octanol–water partition coefficient (Wildman–Crippen LogP) is 3.48. The largest absolute Gasteiger partial charge is 0.441 e. The molecule has 4 heterocycles. The summed E-state index contributed by atoms with van der Waals surface area (Å²) in [5.41, 5.74) is 9.01. The Morgan fingerprint density at radius 1 is 1.22 bits per heavy atom. The summed E-state index contributed by atoms with van der Waals surface area (Å²) in [5, 5.41) is 3.75. The van der Waals surface area contributed by atoms with E-state index in [1.807, 2.05) is 18.3 Å². The van der Waals surface area contributed by atoms with E-state index >= 15 is 0 Å². The molecule has 2 saturated heterocycles. The number of carbonyl (C=O) groups is 2. The van der Waals surface area contributed by atoms with Crippen molar-refractivity contribution >= 4 is 40.8 Å². The van der Waals surface area contributed by atoms with Gasteiger partial charge in [0.05, 0.1) is 12.7 Å². The molecule has 32 heavy (non-hydrogen) atoms. The van der Waals surface area contributed by atoms with Crippen LogP contribution in [-0.4, -0.2) is 51.5 Å². The number of ether oxygens (including phenoxy) is 1. The summed E-state index contributed by atoms with van der Waals surface area (Å²) in [7, 11) is 0. The Labute approximate surface area is 194 Å². The topological polar surface area (TPSA) is 102 Å². The lowest BCUT2D eigenvalue weighted by Crippen LogP contribution is -2.48. The zero-order chi connectivity index (χ0) is 22.5. The highest BCUT2D eigenvalue weighted by molar-refractivity contribution is 6.36. The molecule has 166 valence electrons. The van der Waals surface area contributed by atoms with E-state index in [0.717, 1.165) is 16.7 Å². The van der Waals surface area contributed by atoms with Gasteiger partial charge in [-0.25, -0.2) is 9.78 Å². The monoisotopic (exact) mass is 473 g/mol. The van der Waals surface area contributed by atoms with Crippen LogP contribution in [0.4, 0.5) is 4.79 Å². The molecule has 5 rings (SSSR count). The molecule has 3 aromatic rings. The zero-order valence-electron chi connectivity index (χ0n) is 17.1. The SMILES string of the molecule is NCc1cc2ncc(C(=O)N3CCC4(CC3)CNC(=O)O4)n2cc1-c1ccc(Cl)cc1Cl. The fraction of sp³-hybridized carbons (Fsp3) is 0.318. The second kappa shape index (κ2) is 7.95. The Morgan fingerprint density at radius 2 is 2.00 bits per heavy atom. The molecule has 0 radical (unpaired) electrons. The average Bonchev–Trinajstić information content (AvgIpc) is 3.36. The number of piperidine rings is 1. The molecule has 0 saturated carbocycles. The van der Waals surface area contributed by atoms with E-state index in [1.165, 1.54) is 0 Å². The van der Waals surface area contributed by atoms with Gasteiger partial charge in [0.2, 0.25) is 0 Å². The van der Waals surface area contributed by atoms with Crippen molar-refractivity contribution in [3.8, 4) is 11.1 Å². The molecule has 2 aliphatic heterocycles. The summed E-state index contributed by atoms with van der Waals surface area (Å²) < 4.78 is 7.22. The van der Waals surface area contributed by atoms with Crippen molar-refractivity contribution in [3.63, 3.8) is 0 Å². The van der Waals surface area contributed by atoms with Crippen molar-refractivity contribution in [1.82, 2.24) is 19.6 Å². The van der Waals surface area contributed by atoms with Crippen LogP contribution in [0.2, 0.25) is 10.0 Å². The van der Waals surface area contributed by atoms with Crippen LogP contribution in [0.5, 0.6) is 0 Å². The van der Waals surface area contributed by atoms with Crippen molar-refractivity contribution in [1.29, 1.82) is 0 Å². The Bertz CT molecular complexity index is 1230. The number of halogens is 2. The minimum absolute atomic E-state index is 0.127. The minimum atomic E-state index is -0.512. The van der Waals surface area contributed by atoms with Gasteiger partial charge in [-0.05, 0) is 23.8 Å². The molecule has 1 aromatic carbocycles. The summed E-state index contributed by atoms with van der Waals surface area (Å²) in [6.07, 6.45) is 4.22. The molecule has 2 aliphatic rings. The van der Waals surface area contributed by atoms with Crippen LogP contribution in [-0.2, 0) is 11.3 Å². The highest BCUT2D eigenvalue weighted by Gasteiger charge is 2.43. The number of imidazole rings is 1. The average molecular weight is 474 g/mol. The number of nitrogens with zero attached hydrogens (tertiary/aromatic N) is 3. The third kappa shape index (κ3) is 3.58. The van der Waals surface area contributed by atoms with Crippen LogP contribution in [0, 0.1) is 0 Å². The first-order valence-corrected chi connectivity index (χ1v) is 11.1. The van der Waals surface area contributed by atoms with Gasteiger partial charge in [0, 0.05) is 59.8 Å². The molecule has 8 nitrogen and oxygen atoms in total. The molecule has 0 aliphatic carbocycles. The van der Waals surface area contributed by atoms with E-state index in [9.17, 15) is 9.59 Å². The molecule has 0 unspecified atom stereocenters. The Balaban J connectivity index is 1.47. The van der Waals surface area contributed by atoms with Gasteiger partial charge < -0.3 is 20.7 Å². The second-order valence-corrected chi connectivity index (χ2v) is 8.97. The van der Waals surface area contributed by atoms with E-state index in [4.69, 9.17) is 33.7 Å². The van der Waals surface area contributed by atoms with Crippen molar-refractivity contribution in [3.05, 3.63) is 58.0 Å². The fourth-order valence-electron chi connectivity index (χ4n) is 4.40. The molecule has 2 aromatic heterocycles. The van der Waals surface area contributed by atoms with Crippen LogP contribution in [0.1, 0.15) is 28.9 Å². The number of pyridine rings is 1. The maximum atomic E-state index is 13.3. The van der Waals surface area contributed by atoms with Gasteiger partial charge in [0.15, 0.2) is 0 Å².